The summed E-state index contributed by atoms with van der Waals surface area (Å²) in [6.07, 6.45) is 1.43. The topological polar surface area (TPSA) is 57.7 Å². The quantitative estimate of drug-likeness (QED) is 0.831. The fourth-order valence-corrected chi connectivity index (χ4v) is 5.17. The number of benzene rings is 1. The van der Waals surface area contributed by atoms with Gasteiger partial charge in [-0.3, -0.25) is 9.69 Å². The van der Waals surface area contributed by atoms with Gasteiger partial charge in [0.05, 0.1) is 17.4 Å². The number of amides is 1. The highest BCUT2D eigenvalue weighted by atomic mass is 32.2. The third-order valence-electron chi connectivity index (χ3n) is 4.73. The van der Waals surface area contributed by atoms with Crippen LogP contribution in [0.5, 0.6) is 0 Å². The van der Waals surface area contributed by atoms with Gasteiger partial charge in [0.2, 0.25) is 5.91 Å². The Kier molecular flexibility index (Phi) is 5.02. The average molecular weight is 336 g/mol. The van der Waals surface area contributed by atoms with Gasteiger partial charge in [0.25, 0.3) is 0 Å². The van der Waals surface area contributed by atoms with Crippen molar-refractivity contribution in [2.24, 2.45) is 5.92 Å². The van der Waals surface area contributed by atoms with E-state index in [0.717, 1.165) is 32.6 Å². The summed E-state index contributed by atoms with van der Waals surface area (Å²) >= 11 is 0. The number of hydrogen-bond acceptors (Lipinski definition) is 4. The zero-order valence-corrected chi connectivity index (χ0v) is 14.2. The molecule has 5 nitrogen and oxygen atoms in total. The maximum Gasteiger partial charge on any atom is 0.226 e. The third kappa shape index (κ3) is 4.32. The van der Waals surface area contributed by atoms with Crippen LogP contribution in [-0.2, 0) is 21.2 Å². The first-order chi connectivity index (χ1) is 11.0. The highest BCUT2D eigenvalue weighted by Crippen LogP contribution is 2.21. The van der Waals surface area contributed by atoms with E-state index in [0.29, 0.717) is 13.0 Å². The van der Waals surface area contributed by atoms with E-state index >= 15 is 0 Å². The molecule has 1 atom stereocenters. The molecule has 2 fully saturated rings. The third-order valence-corrected chi connectivity index (χ3v) is 6.50. The van der Waals surface area contributed by atoms with Gasteiger partial charge in [-0.15, -0.1) is 0 Å². The monoisotopic (exact) mass is 336 g/mol. The molecule has 0 radical (unpaired) electrons. The van der Waals surface area contributed by atoms with Gasteiger partial charge in [-0.25, -0.2) is 8.42 Å². The number of nitrogens with zero attached hydrogens (tertiary/aromatic N) is 2. The molecule has 0 N–H and O–H groups in total. The first-order valence-corrected chi connectivity index (χ1v) is 10.1. The van der Waals surface area contributed by atoms with Crippen LogP contribution in [0.4, 0.5) is 0 Å². The molecule has 2 aliphatic rings. The van der Waals surface area contributed by atoms with Gasteiger partial charge in [-0.2, -0.15) is 0 Å². The Bertz CT molecular complexity index is 645. The van der Waals surface area contributed by atoms with Crippen LogP contribution in [0.2, 0.25) is 0 Å². The second kappa shape index (κ2) is 7.01. The van der Waals surface area contributed by atoms with E-state index in [-0.39, 0.29) is 23.3 Å². The summed E-state index contributed by atoms with van der Waals surface area (Å²) in [5.41, 5.74) is 1.29. The standard InChI is InChI=1S/C17H24N2O3S/c20-17(16-7-12-23(21,22)14-16)19-9-4-8-18(10-11-19)13-15-5-2-1-3-6-15/h1-3,5-6,16H,4,7-14H2/t16-/m1/s1. The molecule has 0 unspecified atom stereocenters. The van der Waals surface area contributed by atoms with Crippen molar-refractivity contribution in [3.63, 3.8) is 0 Å². The Morgan fingerprint density at radius 2 is 1.87 bits per heavy atom. The largest absolute Gasteiger partial charge is 0.341 e. The minimum absolute atomic E-state index is 0.0348. The highest BCUT2D eigenvalue weighted by Gasteiger charge is 2.35. The van der Waals surface area contributed by atoms with Gasteiger partial charge in [-0.1, -0.05) is 30.3 Å². The second-order valence-electron chi connectivity index (χ2n) is 6.54. The van der Waals surface area contributed by atoms with E-state index in [1.54, 1.807) is 0 Å². The molecule has 1 amide bonds. The van der Waals surface area contributed by atoms with E-state index in [1.165, 1.54) is 5.56 Å². The second-order valence-corrected chi connectivity index (χ2v) is 8.77. The molecule has 0 aromatic heterocycles. The predicted molar refractivity (Wildman–Crippen MR) is 89.7 cm³/mol. The Morgan fingerprint density at radius 1 is 1.09 bits per heavy atom. The maximum absolute atomic E-state index is 12.5. The molecule has 0 saturated carbocycles. The van der Waals surface area contributed by atoms with Crippen molar-refractivity contribution in [1.29, 1.82) is 0 Å². The van der Waals surface area contributed by atoms with E-state index in [1.807, 2.05) is 23.1 Å². The number of carbonyl (C=O) groups excluding carboxylic acids is 1. The summed E-state index contributed by atoms with van der Waals surface area (Å²) in [5, 5.41) is 0. The Balaban J connectivity index is 1.55. The van der Waals surface area contributed by atoms with Crippen LogP contribution in [0.25, 0.3) is 0 Å². The predicted octanol–water partition coefficient (Wildman–Crippen LogP) is 1.16. The van der Waals surface area contributed by atoms with Gasteiger partial charge in [-0.05, 0) is 18.4 Å². The van der Waals surface area contributed by atoms with Crippen LogP contribution in [0.3, 0.4) is 0 Å². The van der Waals surface area contributed by atoms with Gasteiger partial charge < -0.3 is 4.90 Å². The summed E-state index contributed by atoms with van der Waals surface area (Å²) in [6, 6.07) is 10.4. The van der Waals surface area contributed by atoms with E-state index in [2.05, 4.69) is 17.0 Å². The lowest BCUT2D eigenvalue weighted by atomic mass is 10.1. The minimum atomic E-state index is -3.00. The first kappa shape index (κ1) is 16.5. The highest BCUT2D eigenvalue weighted by molar-refractivity contribution is 7.91. The van der Waals surface area contributed by atoms with Gasteiger partial charge >= 0.3 is 0 Å². The molecule has 0 spiro atoms. The lowest BCUT2D eigenvalue weighted by molar-refractivity contribution is -0.134. The average Bonchev–Trinajstić information content (AvgIpc) is 2.75. The normalized spacial score (nSPS) is 25.2. The van der Waals surface area contributed by atoms with Crippen LogP contribution < -0.4 is 0 Å². The van der Waals surface area contributed by atoms with Gasteiger partial charge in [0, 0.05) is 32.7 Å². The molecule has 0 aliphatic carbocycles. The molecule has 126 valence electrons. The molecule has 1 aromatic rings. The van der Waals surface area contributed by atoms with Gasteiger partial charge in [0.1, 0.15) is 0 Å². The van der Waals surface area contributed by atoms with Crippen molar-refractivity contribution in [2.75, 3.05) is 37.7 Å². The Morgan fingerprint density at radius 3 is 2.57 bits per heavy atom. The summed E-state index contributed by atoms with van der Waals surface area (Å²) in [6.45, 7) is 4.16. The number of carbonyl (C=O) groups is 1. The summed E-state index contributed by atoms with van der Waals surface area (Å²) in [4.78, 5) is 16.8. The molecule has 0 bridgehead atoms. The molecule has 1 aromatic carbocycles. The summed E-state index contributed by atoms with van der Waals surface area (Å²) in [7, 11) is -3.00. The van der Waals surface area contributed by atoms with Crippen molar-refractivity contribution in [3.8, 4) is 0 Å². The fraction of sp³-hybridized carbons (Fsp3) is 0.588. The molecular weight excluding hydrogens is 312 g/mol. The minimum Gasteiger partial charge on any atom is -0.341 e. The van der Waals surface area contributed by atoms with Crippen molar-refractivity contribution in [1.82, 2.24) is 9.80 Å². The smallest absolute Gasteiger partial charge is 0.226 e. The van der Waals surface area contributed by atoms with Crippen LogP contribution in [-0.4, -0.2) is 61.8 Å². The molecule has 3 rings (SSSR count). The molecule has 2 heterocycles. The number of hydrogen-bond donors (Lipinski definition) is 0. The lowest BCUT2D eigenvalue weighted by Gasteiger charge is -2.24. The van der Waals surface area contributed by atoms with Crippen LogP contribution in [0.1, 0.15) is 18.4 Å². The first-order valence-electron chi connectivity index (χ1n) is 8.29. The zero-order chi connectivity index (χ0) is 16.3. The summed E-state index contributed by atoms with van der Waals surface area (Å²) in [5.74, 6) is -0.0821. The molecule has 2 saturated heterocycles. The Labute approximate surface area is 138 Å². The Hall–Kier alpha value is -1.40. The number of rotatable bonds is 3. The fourth-order valence-electron chi connectivity index (χ4n) is 3.44. The SMILES string of the molecule is O=C([C@@H]1CCS(=O)(=O)C1)N1CCCN(Cc2ccccc2)CC1. The van der Waals surface area contributed by atoms with Gasteiger partial charge in [0.15, 0.2) is 9.84 Å². The zero-order valence-electron chi connectivity index (χ0n) is 13.4. The number of sulfone groups is 1. The van der Waals surface area contributed by atoms with Crippen LogP contribution in [0.15, 0.2) is 30.3 Å². The van der Waals surface area contributed by atoms with Crippen molar-refractivity contribution < 1.29 is 13.2 Å². The van der Waals surface area contributed by atoms with E-state index in [4.69, 9.17) is 0 Å². The van der Waals surface area contributed by atoms with Crippen molar-refractivity contribution >= 4 is 15.7 Å². The molecule has 6 heteroatoms. The lowest BCUT2D eigenvalue weighted by Crippen LogP contribution is -2.39. The van der Waals surface area contributed by atoms with Crippen molar-refractivity contribution in [3.05, 3.63) is 35.9 Å². The van der Waals surface area contributed by atoms with Crippen molar-refractivity contribution in [2.45, 2.75) is 19.4 Å². The molecule has 23 heavy (non-hydrogen) atoms. The van der Waals surface area contributed by atoms with Crippen LogP contribution >= 0.6 is 0 Å². The maximum atomic E-state index is 12.5. The summed E-state index contributed by atoms with van der Waals surface area (Å²) < 4.78 is 23.1. The van der Waals surface area contributed by atoms with E-state index in [9.17, 15) is 13.2 Å². The molecular formula is C17H24N2O3S. The molecule has 2 aliphatic heterocycles. The van der Waals surface area contributed by atoms with Crippen LogP contribution in [0, 0.1) is 5.92 Å². The van der Waals surface area contributed by atoms with E-state index < -0.39 is 9.84 Å².